The quantitative estimate of drug-likeness (QED) is 0.145. The van der Waals surface area contributed by atoms with Crippen LogP contribution < -0.4 is 4.57 Å². The molecule has 5 rings (SSSR count). The number of non-ortho nitro benzene ring substituents is 1. The van der Waals surface area contributed by atoms with Crippen LogP contribution in [0.2, 0.25) is 0 Å². The minimum Gasteiger partial charge on any atom is -0.258 e. The molecule has 4 heterocycles. The van der Waals surface area contributed by atoms with Crippen molar-refractivity contribution in [3.63, 3.8) is 0 Å². The van der Waals surface area contributed by atoms with Crippen molar-refractivity contribution in [1.29, 1.82) is 0 Å². The number of pyridine rings is 1. The first kappa shape index (κ1) is 21.1. The number of benzene rings is 1. The summed E-state index contributed by atoms with van der Waals surface area (Å²) in [6.45, 7) is 0. The van der Waals surface area contributed by atoms with Crippen LogP contribution in [0.1, 0.15) is 0 Å². The first-order valence-electron chi connectivity index (χ1n) is 9.68. The molecule has 0 aliphatic carbocycles. The number of rotatable bonds is 6. The molecular weight excluding hydrogens is 478 g/mol. The van der Waals surface area contributed by atoms with Crippen molar-refractivity contribution in [2.75, 3.05) is 0 Å². The van der Waals surface area contributed by atoms with Crippen LogP contribution in [-0.2, 0) is 0 Å². The molecule has 0 spiro atoms. The van der Waals surface area contributed by atoms with Gasteiger partial charge in [0, 0.05) is 44.5 Å². The Morgan fingerprint density at radius 2 is 1.45 bits per heavy atom. The monoisotopic (exact) mass is 492 g/mol. The molecule has 0 saturated heterocycles. The summed E-state index contributed by atoms with van der Waals surface area (Å²) in [4.78, 5) is 26.0. The molecule has 33 heavy (non-hydrogen) atoms. The summed E-state index contributed by atoms with van der Waals surface area (Å²) in [5, 5.41) is 26.7. The van der Waals surface area contributed by atoms with E-state index in [2.05, 4.69) is 29.0 Å². The van der Waals surface area contributed by atoms with E-state index in [9.17, 15) is 20.2 Å². The Morgan fingerprint density at radius 1 is 0.758 bits per heavy atom. The van der Waals surface area contributed by atoms with E-state index in [0.29, 0.717) is 0 Å². The average Bonchev–Trinajstić information content (AvgIpc) is 3.60. The normalized spacial score (nSPS) is 10.9. The van der Waals surface area contributed by atoms with E-state index in [-0.39, 0.29) is 17.1 Å². The third kappa shape index (κ3) is 4.07. The minimum absolute atomic E-state index is 0.264. The molecule has 0 bridgehead atoms. The van der Waals surface area contributed by atoms with Crippen molar-refractivity contribution < 1.29 is 14.4 Å². The van der Waals surface area contributed by atoms with Gasteiger partial charge in [-0.05, 0) is 34.5 Å². The van der Waals surface area contributed by atoms with E-state index in [1.165, 1.54) is 31.6 Å². The molecule has 0 N–H and O–H groups in total. The summed E-state index contributed by atoms with van der Waals surface area (Å²) in [5.41, 5.74) is 1.70. The molecule has 0 fully saturated rings. The van der Waals surface area contributed by atoms with Crippen LogP contribution >= 0.6 is 34.0 Å². The lowest BCUT2D eigenvalue weighted by molar-refractivity contribution is -0.600. The van der Waals surface area contributed by atoms with Crippen molar-refractivity contribution in [1.82, 2.24) is 0 Å². The molecular formula is C23H14N3O4S3+. The summed E-state index contributed by atoms with van der Waals surface area (Å²) < 4.78 is 1.60. The standard InChI is InChI=1S/C23H14N3O4S3/c27-25(28)16-5-6-18(19(13-16)26(29)30)24-9-7-15(8-10-24)17-14-22(20-3-1-11-31-20)33-23(17)21-4-2-12-32-21/h1-14H/q+1. The lowest BCUT2D eigenvalue weighted by Gasteiger charge is -2.03. The zero-order chi connectivity index (χ0) is 22.9. The summed E-state index contributed by atoms with van der Waals surface area (Å²) in [6, 6.07) is 17.9. The van der Waals surface area contributed by atoms with Gasteiger partial charge in [0.1, 0.15) is 6.07 Å². The summed E-state index contributed by atoms with van der Waals surface area (Å²) in [6.07, 6.45) is 3.48. The van der Waals surface area contributed by atoms with Gasteiger partial charge in [0.25, 0.3) is 11.4 Å². The zero-order valence-corrected chi connectivity index (χ0v) is 19.2. The molecule has 0 atom stereocenters. The predicted molar refractivity (Wildman–Crippen MR) is 131 cm³/mol. The van der Waals surface area contributed by atoms with Crippen LogP contribution in [0.4, 0.5) is 11.4 Å². The Balaban J connectivity index is 1.57. The fourth-order valence-electron chi connectivity index (χ4n) is 3.49. The molecule has 0 unspecified atom stereocenters. The highest BCUT2D eigenvalue weighted by molar-refractivity contribution is 7.26. The third-order valence-corrected chi connectivity index (χ3v) is 8.28. The van der Waals surface area contributed by atoms with Gasteiger partial charge in [-0.2, -0.15) is 4.57 Å². The molecule has 1 aromatic carbocycles. The SMILES string of the molecule is O=[N+]([O-])c1ccc(-[n+]2ccc(-c3cc(-c4cccs4)sc3-c3cccs3)cc2)c([N+](=O)[O-])c1. The maximum atomic E-state index is 11.5. The molecule has 0 amide bonds. The Hall–Kier alpha value is -3.73. The Bertz CT molecular complexity index is 1460. The average molecular weight is 493 g/mol. The molecule has 7 nitrogen and oxygen atoms in total. The van der Waals surface area contributed by atoms with E-state index in [0.717, 1.165) is 17.2 Å². The molecule has 0 radical (unpaired) electrons. The van der Waals surface area contributed by atoms with Gasteiger partial charge < -0.3 is 0 Å². The first-order valence-corrected chi connectivity index (χ1v) is 12.3. The fourth-order valence-corrected chi connectivity index (χ4v) is 6.37. The van der Waals surface area contributed by atoms with Gasteiger partial charge in [-0.1, -0.05) is 12.1 Å². The smallest absolute Gasteiger partial charge is 0.258 e. The van der Waals surface area contributed by atoms with E-state index < -0.39 is 9.85 Å². The van der Waals surface area contributed by atoms with Crippen molar-refractivity contribution >= 4 is 45.4 Å². The van der Waals surface area contributed by atoms with E-state index in [4.69, 9.17) is 0 Å². The molecule has 4 aromatic heterocycles. The second kappa shape index (κ2) is 8.66. The largest absolute Gasteiger partial charge is 0.347 e. The number of hydrogen-bond donors (Lipinski definition) is 0. The van der Waals surface area contributed by atoms with Gasteiger partial charge in [0.05, 0.1) is 14.7 Å². The summed E-state index contributed by atoms with van der Waals surface area (Å²) in [5.74, 6) is 0. The molecule has 10 heteroatoms. The lowest BCUT2D eigenvalue weighted by atomic mass is 10.1. The second-order valence-corrected chi connectivity index (χ2v) is 9.94. The molecule has 0 aliphatic heterocycles. The van der Waals surface area contributed by atoms with Gasteiger partial charge >= 0.3 is 5.69 Å². The van der Waals surface area contributed by atoms with Crippen LogP contribution in [0.15, 0.2) is 83.8 Å². The summed E-state index contributed by atoms with van der Waals surface area (Å²) in [7, 11) is 0. The molecule has 5 aromatic rings. The van der Waals surface area contributed by atoms with E-state index in [1.54, 1.807) is 51.0 Å². The molecule has 0 saturated carbocycles. The number of thiophene rings is 3. The van der Waals surface area contributed by atoms with Crippen molar-refractivity contribution in [3.05, 3.63) is 104 Å². The van der Waals surface area contributed by atoms with Crippen LogP contribution in [0.25, 0.3) is 36.3 Å². The van der Waals surface area contributed by atoms with Crippen molar-refractivity contribution in [3.8, 4) is 36.3 Å². The number of nitrogens with zero attached hydrogens (tertiary/aromatic N) is 3. The Labute approximate surface area is 199 Å². The number of nitro benzene ring substituents is 2. The molecule has 0 aliphatic rings. The van der Waals surface area contributed by atoms with Gasteiger partial charge in [0.2, 0.25) is 0 Å². The lowest BCUT2D eigenvalue weighted by Crippen LogP contribution is -2.30. The van der Waals surface area contributed by atoms with Crippen LogP contribution in [0.5, 0.6) is 0 Å². The second-order valence-electron chi connectivity index (χ2n) is 6.99. The maximum absolute atomic E-state index is 11.5. The van der Waals surface area contributed by atoms with E-state index in [1.807, 2.05) is 24.3 Å². The van der Waals surface area contributed by atoms with Crippen molar-refractivity contribution in [2.45, 2.75) is 0 Å². The predicted octanol–water partition coefficient (Wildman–Crippen LogP) is 6.97. The fraction of sp³-hybridized carbons (Fsp3) is 0. The Kier molecular flexibility index (Phi) is 5.55. The number of nitro groups is 2. The van der Waals surface area contributed by atoms with Gasteiger partial charge in [-0.15, -0.1) is 34.0 Å². The van der Waals surface area contributed by atoms with Crippen LogP contribution in [0, 0.1) is 20.2 Å². The topological polar surface area (TPSA) is 90.2 Å². The third-order valence-electron chi connectivity index (χ3n) is 5.03. The first-order chi connectivity index (χ1) is 16.0. The van der Waals surface area contributed by atoms with E-state index >= 15 is 0 Å². The highest BCUT2D eigenvalue weighted by Crippen LogP contribution is 2.45. The zero-order valence-electron chi connectivity index (χ0n) is 16.8. The minimum atomic E-state index is -0.640. The Morgan fingerprint density at radius 3 is 2.06 bits per heavy atom. The van der Waals surface area contributed by atoms with Crippen LogP contribution in [-0.4, -0.2) is 9.85 Å². The van der Waals surface area contributed by atoms with Crippen molar-refractivity contribution in [2.24, 2.45) is 0 Å². The van der Waals surface area contributed by atoms with Crippen LogP contribution in [0.3, 0.4) is 0 Å². The molecule has 162 valence electrons. The summed E-state index contributed by atoms with van der Waals surface area (Å²) >= 11 is 5.12. The highest BCUT2D eigenvalue weighted by atomic mass is 32.1. The highest BCUT2D eigenvalue weighted by Gasteiger charge is 2.26. The maximum Gasteiger partial charge on any atom is 0.347 e. The number of hydrogen-bond acceptors (Lipinski definition) is 7. The van der Waals surface area contributed by atoms with Gasteiger partial charge in [-0.25, -0.2) is 0 Å². The van der Waals surface area contributed by atoms with Gasteiger partial charge in [0.15, 0.2) is 12.4 Å². The van der Waals surface area contributed by atoms with Gasteiger partial charge in [-0.3, -0.25) is 20.2 Å². The number of aromatic nitrogens is 1.